The van der Waals surface area contributed by atoms with E-state index in [-0.39, 0.29) is 0 Å². The third-order valence-electron chi connectivity index (χ3n) is 5.65. The van der Waals surface area contributed by atoms with Gasteiger partial charge < -0.3 is 14.9 Å². The Morgan fingerprint density at radius 2 is 1.66 bits per heavy atom. The minimum absolute atomic E-state index is 0.417. The van der Waals surface area contributed by atoms with Gasteiger partial charge in [-0.05, 0) is 38.3 Å². The summed E-state index contributed by atoms with van der Waals surface area (Å²) in [6.07, 6.45) is -4.22. The van der Waals surface area contributed by atoms with Crippen molar-refractivity contribution >= 4 is 23.7 Å². The molecular formula is C21H26F6N2O5S. The number of aromatic nitrogens is 1. The largest absolute Gasteiger partial charge is 0.490 e. The van der Waals surface area contributed by atoms with Crippen LogP contribution in [0.15, 0.2) is 18.2 Å². The van der Waals surface area contributed by atoms with Gasteiger partial charge in [0.1, 0.15) is 0 Å². The molecule has 2 saturated heterocycles. The maximum absolute atomic E-state index is 10.6. The van der Waals surface area contributed by atoms with Gasteiger partial charge in [0.2, 0.25) is 0 Å². The molecule has 1 aromatic heterocycles. The average Bonchev–Trinajstić information content (AvgIpc) is 3.09. The van der Waals surface area contributed by atoms with Gasteiger partial charge in [0.15, 0.2) is 0 Å². The second-order valence-electron chi connectivity index (χ2n) is 8.50. The number of likely N-dealkylation sites (tertiary alicyclic amines) is 1. The fourth-order valence-electron chi connectivity index (χ4n) is 3.72. The molecule has 1 atom stereocenters. The Morgan fingerprint density at radius 1 is 1.11 bits per heavy atom. The molecule has 7 nitrogen and oxygen atoms in total. The molecule has 1 saturated carbocycles. The lowest BCUT2D eigenvalue weighted by molar-refractivity contribution is -0.193. The van der Waals surface area contributed by atoms with E-state index in [9.17, 15) is 26.3 Å². The van der Waals surface area contributed by atoms with Crippen molar-refractivity contribution in [1.82, 2.24) is 9.88 Å². The molecule has 1 aliphatic carbocycles. The summed E-state index contributed by atoms with van der Waals surface area (Å²) in [7, 11) is 0. The van der Waals surface area contributed by atoms with Crippen LogP contribution in [0, 0.1) is 6.92 Å². The first-order chi connectivity index (χ1) is 16.1. The Bertz CT molecular complexity index is 848. The summed E-state index contributed by atoms with van der Waals surface area (Å²) in [6, 6.07) is 7.07. The Balaban J connectivity index is 0.000000257. The third kappa shape index (κ3) is 9.15. The van der Waals surface area contributed by atoms with Crippen LogP contribution in [0.5, 0.6) is 0 Å². The summed E-state index contributed by atoms with van der Waals surface area (Å²) in [5, 5.41) is 14.2. The third-order valence-corrected chi connectivity index (χ3v) is 7.22. The summed E-state index contributed by atoms with van der Waals surface area (Å²) < 4.78 is 70.1. The van der Waals surface area contributed by atoms with Gasteiger partial charge in [-0.3, -0.25) is 9.88 Å². The van der Waals surface area contributed by atoms with Crippen LogP contribution in [0.3, 0.4) is 0 Å². The number of aryl methyl sites for hydroxylation is 1. The molecule has 0 amide bonds. The Morgan fingerprint density at radius 3 is 2.09 bits per heavy atom. The molecule has 1 unspecified atom stereocenters. The molecule has 0 aromatic carbocycles. The summed E-state index contributed by atoms with van der Waals surface area (Å²) in [5.41, 5.74) is 2.13. The van der Waals surface area contributed by atoms with Crippen LogP contribution in [0.25, 0.3) is 0 Å². The molecule has 14 heteroatoms. The summed E-state index contributed by atoms with van der Waals surface area (Å²) in [4.78, 5) is 25.0. The predicted octanol–water partition coefficient (Wildman–Crippen LogP) is 4.29. The zero-order chi connectivity index (χ0) is 26.4. The maximum atomic E-state index is 10.6. The molecule has 0 radical (unpaired) electrons. The highest BCUT2D eigenvalue weighted by Crippen LogP contribution is 2.48. The van der Waals surface area contributed by atoms with Gasteiger partial charge in [-0.1, -0.05) is 12.5 Å². The van der Waals surface area contributed by atoms with Gasteiger partial charge in [-0.2, -0.15) is 26.3 Å². The molecule has 3 fully saturated rings. The van der Waals surface area contributed by atoms with Crippen LogP contribution in [0.4, 0.5) is 26.3 Å². The molecule has 35 heavy (non-hydrogen) atoms. The molecule has 0 bridgehead atoms. The quantitative estimate of drug-likeness (QED) is 0.555. The minimum atomic E-state index is -5.08. The van der Waals surface area contributed by atoms with Gasteiger partial charge in [0.25, 0.3) is 0 Å². The topological polar surface area (TPSA) is 100.0 Å². The summed E-state index contributed by atoms with van der Waals surface area (Å²) in [6.45, 7) is 5.29. The molecule has 2 aliphatic heterocycles. The van der Waals surface area contributed by atoms with E-state index >= 15 is 0 Å². The Labute approximate surface area is 201 Å². The summed E-state index contributed by atoms with van der Waals surface area (Å²) in [5.74, 6) is -4.36. The van der Waals surface area contributed by atoms with E-state index < -0.39 is 24.3 Å². The summed E-state index contributed by atoms with van der Waals surface area (Å²) >= 11 is 2.15. The molecule has 3 heterocycles. The SMILES string of the molecule is Cc1cccc(COC2CSC3(C2)CN(C2CCC2)C3)n1.O=C(O)C(F)(F)F.O=C(O)C(F)(F)F. The number of alkyl halides is 6. The number of hydrogen-bond acceptors (Lipinski definition) is 6. The van der Waals surface area contributed by atoms with E-state index in [1.807, 2.05) is 13.0 Å². The van der Waals surface area contributed by atoms with Crippen LogP contribution in [0.1, 0.15) is 37.1 Å². The average molecular weight is 533 g/mol. The van der Waals surface area contributed by atoms with Crippen LogP contribution in [-0.4, -0.2) is 80.1 Å². The van der Waals surface area contributed by atoms with Crippen LogP contribution >= 0.6 is 11.8 Å². The molecular weight excluding hydrogens is 506 g/mol. The molecule has 4 rings (SSSR count). The lowest BCUT2D eigenvalue weighted by Crippen LogP contribution is -2.63. The van der Waals surface area contributed by atoms with Crippen molar-refractivity contribution in [2.45, 2.75) is 68.5 Å². The van der Waals surface area contributed by atoms with Crippen molar-refractivity contribution in [3.8, 4) is 0 Å². The van der Waals surface area contributed by atoms with E-state index in [4.69, 9.17) is 24.5 Å². The highest BCUT2D eigenvalue weighted by Gasteiger charge is 2.51. The van der Waals surface area contributed by atoms with E-state index in [1.165, 1.54) is 38.8 Å². The van der Waals surface area contributed by atoms with E-state index in [1.54, 1.807) is 0 Å². The molecule has 198 valence electrons. The number of ether oxygens (including phenoxy) is 1. The number of thioether (sulfide) groups is 1. The van der Waals surface area contributed by atoms with Gasteiger partial charge in [-0.15, -0.1) is 11.8 Å². The first-order valence-corrected chi connectivity index (χ1v) is 11.6. The number of carbonyl (C=O) groups is 2. The maximum Gasteiger partial charge on any atom is 0.490 e. The highest BCUT2D eigenvalue weighted by molar-refractivity contribution is 8.01. The van der Waals surface area contributed by atoms with Crippen molar-refractivity contribution in [2.75, 3.05) is 18.8 Å². The fraction of sp³-hybridized carbons (Fsp3) is 0.667. The lowest BCUT2D eigenvalue weighted by atomic mass is 9.84. The van der Waals surface area contributed by atoms with Crippen LogP contribution in [-0.2, 0) is 20.9 Å². The first-order valence-electron chi connectivity index (χ1n) is 10.6. The number of pyridine rings is 1. The number of halogens is 6. The van der Waals surface area contributed by atoms with Crippen molar-refractivity contribution < 1.29 is 50.9 Å². The normalized spacial score (nSPS) is 21.6. The lowest BCUT2D eigenvalue weighted by Gasteiger charge is -2.53. The standard InChI is InChI=1S/C17H24N2OS.2C2HF3O2/c1-13-4-2-5-14(18-13)9-20-16-8-17(21-10-16)11-19(12-17)15-6-3-7-15;2*3-2(4,5)1(6)7/h2,4-5,15-16H,3,6-12H2,1H3;2*(H,6,7). The minimum Gasteiger partial charge on any atom is -0.475 e. The Hall–Kier alpha value is -2.06. The molecule has 3 aliphatic rings. The van der Waals surface area contributed by atoms with Crippen molar-refractivity contribution in [1.29, 1.82) is 0 Å². The van der Waals surface area contributed by atoms with Gasteiger partial charge >= 0.3 is 24.3 Å². The van der Waals surface area contributed by atoms with Crippen LogP contribution in [0.2, 0.25) is 0 Å². The van der Waals surface area contributed by atoms with Crippen molar-refractivity contribution in [3.05, 3.63) is 29.6 Å². The van der Waals surface area contributed by atoms with E-state index in [0.29, 0.717) is 17.5 Å². The fourth-order valence-corrected chi connectivity index (χ4v) is 5.29. The van der Waals surface area contributed by atoms with Crippen molar-refractivity contribution in [2.24, 2.45) is 0 Å². The predicted molar refractivity (Wildman–Crippen MR) is 114 cm³/mol. The Kier molecular flexibility index (Phi) is 9.82. The van der Waals surface area contributed by atoms with Crippen LogP contribution < -0.4 is 0 Å². The zero-order valence-corrected chi connectivity index (χ0v) is 19.5. The molecule has 2 N–H and O–H groups in total. The van der Waals surface area contributed by atoms with Gasteiger partial charge in [0.05, 0.1) is 18.4 Å². The number of carboxylic acids is 2. The first kappa shape index (κ1) is 29.2. The number of nitrogens with zero attached hydrogens (tertiary/aromatic N) is 2. The monoisotopic (exact) mass is 532 g/mol. The van der Waals surface area contributed by atoms with E-state index in [0.717, 1.165) is 23.2 Å². The number of aliphatic carboxylic acids is 2. The highest BCUT2D eigenvalue weighted by atomic mass is 32.2. The van der Waals surface area contributed by atoms with E-state index in [2.05, 4.69) is 33.8 Å². The molecule has 1 spiro atoms. The van der Waals surface area contributed by atoms with Gasteiger partial charge in [-0.25, -0.2) is 9.59 Å². The molecule has 1 aromatic rings. The van der Waals surface area contributed by atoms with Gasteiger partial charge in [0, 0.05) is 35.3 Å². The number of rotatable bonds is 4. The number of carboxylic acid groups (broad SMARTS) is 2. The second-order valence-corrected chi connectivity index (χ2v) is 9.99. The second kappa shape index (κ2) is 11.8. The smallest absolute Gasteiger partial charge is 0.475 e. The zero-order valence-electron chi connectivity index (χ0n) is 18.7. The number of hydrogen-bond donors (Lipinski definition) is 2. The van der Waals surface area contributed by atoms with Crippen molar-refractivity contribution in [3.63, 3.8) is 0 Å².